The van der Waals surface area contributed by atoms with E-state index in [0.717, 1.165) is 30.8 Å². The first kappa shape index (κ1) is 12.8. The van der Waals surface area contributed by atoms with Gasteiger partial charge in [-0.2, -0.15) is 0 Å². The van der Waals surface area contributed by atoms with Gasteiger partial charge in [0.2, 0.25) is 0 Å². The van der Waals surface area contributed by atoms with Crippen LogP contribution in [0.3, 0.4) is 0 Å². The molecule has 1 aliphatic rings. The second-order valence-corrected chi connectivity index (χ2v) is 4.62. The van der Waals surface area contributed by atoms with Crippen LogP contribution in [0.5, 0.6) is 0 Å². The number of benzene rings is 1. The van der Waals surface area contributed by atoms with E-state index in [4.69, 9.17) is 5.11 Å². The molecule has 1 aromatic rings. The maximum absolute atomic E-state index is 13.0. The average molecular weight is 252 g/mol. The van der Waals surface area contributed by atoms with E-state index < -0.39 is 6.09 Å². The van der Waals surface area contributed by atoms with Crippen molar-refractivity contribution in [3.8, 4) is 0 Å². The highest BCUT2D eigenvalue weighted by Crippen LogP contribution is 2.14. The predicted octanol–water partition coefficient (Wildman–Crippen LogP) is 1.93. The number of piperazine rings is 1. The third-order valence-electron chi connectivity index (χ3n) is 3.34. The van der Waals surface area contributed by atoms with Crippen molar-refractivity contribution in [2.24, 2.45) is 0 Å². The fourth-order valence-electron chi connectivity index (χ4n) is 2.17. The lowest BCUT2D eigenvalue weighted by Gasteiger charge is -2.33. The molecule has 1 heterocycles. The van der Waals surface area contributed by atoms with Crippen molar-refractivity contribution in [1.29, 1.82) is 0 Å². The van der Waals surface area contributed by atoms with Crippen LogP contribution in [0.15, 0.2) is 18.2 Å². The zero-order chi connectivity index (χ0) is 13.1. The number of aryl methyl sites for hydroxylation is 1. The fourth-order valence-corrected chi connectivity index (χ4v) is 2.17. The van der Waals surface area contributed by atoms with Crippen LogP contribution >= 0.6 is 0 Å². The Hall–Kier alpha value is -1.62. The van der Waals surface area contributed by atoms with Gasteiger partial charge in [-0.3, -0.25) is 4.90 Å². The lowest BCUT2D eigenvalue weighted by atomic mass is 10.1. The van der Waals surface area contributed by atoms with Gasteiger partial charge in [0.15, 0.2) is 0 Å². The summed E-state index contributed by atoms with van der Waals surface area (Å²) in [6.45, 7) is 5.17. The minimum absolute atomic E-state index is 0.216. The quantitative estimate of drug-likeness (QED) is 0.874. The summed E-state index contributed by atoms with van der Waals surface area (Å²) in [6.07, 6.45) is -0.854. The summed E-state index contributed by atoms with van der Waals surface area (Å²) in [4.78, 5) is 14.4. The first-order valence-corrected chi connectivity index (χ1v) is 6.01. The molecule has 0 bridgehead atoms. The molecule has 0 saturated carbocycles. The molecule has 98 valence electrons. The van der Waals surface area contributed by atoms with Crippen molar-refractivity contribution in [2.75, 3.05) is 26.2 Å². The smallest absolute Gasteiger partial charge is 0.407 e. The Labute approximate surface area is 106 Å². The van der Waals surface area contributed by atoms with Crippen molar-refractivity contribution < 1.29 is 14.3 Å². The molecular formula is C13H17FN2O2. The van der Waals surface area contributed by atoms with Gasteiger partial charge in [-0.25, -0.2) is 9.18 Å². The van der Waals surface area contributed by atoms with Crippen molar-refractivity contribution in [1.82, 2.24) is 9.80 Å². The number of hydrogen-bond donors (Lipinski definition) is 1. The van der Waals surface area contributed by atoms with E-state index in [1.54, 1.807) is 6.07 Å². The van der Waals surface area contributed by atoms with Gasteiger partial charge in [-0.1, -0.05) is 6.07 Å². The zero-order valence-corrected chi connectivity index (χ0v) is 10.4. The Kier molecular flexibility index (Phi) is 3.81. The summed E-state index contributed by atoms with van der Waals surface area (Å²) < 4.78 is 13.0. The van der Waals surface area contributed by atoms with Crippen LogP contribution in [0.4, 0.5) is 9.18 Å². The molecule has 0 atom stereocenters. The van der Waals surface area contributed by atoms with E-state index in [2.05, 4.69) is 4.90 Å². The van der Waals surface area contributed by atoms with Crippen molar-refractivity contribution in [3.05, 3.63) is 35.1 Å². The molecule has 1 saturated heterocycles. The van der Waals surface area contributed by atoms with Gasteiger partial charge in [0.25, 0.3) is 0 Å². The van der Waals surface area contributed by atoms with E-state index in [-0.39, 0.29) is 5.82 Å². The molecule has 1 aliphatic heterocycles. The molecule has 0 aromatic heterocycles. The van der Waals surface area contributed by atoms with Crippen LogP contribution in [0.2, 0.25) is 0 Å². The molecule has 1 N–H and O–H groups in total. The van der Waals surface area contributed by atoms with Gasteiger partial charge in [0, 0.05) is 32.7 Å². The lowest BCUT2D eigenvalue weighted by Crippen LogP contribution is -2.47. The number of amides is 1. The summed E-state index contributed by atoms with van der Waals surface area (Å²) in [6, 6.07) is 4.80. The van der Waals surface area contributed by atoms with Crippen LogP contribution in [-0.2, 0) is 6.54 Å². The third kappa shape index (κ3) is 2.98. The summed E-state index contributed by atoms with van der Waals surface area (Å²) in [5, 5.41) is 8.85. The van der Waals surface area contributed by atoms with Crippen LogP contribution in [0, 0.1) is 12.7 Å². The van der Waals surface area contributed by atoms with Crippen LogP contribution in [0.25, 0.3) is 0 Å². The summed E-state index contributed by atoms with van der Waals surface area (Å²) in [5.41, 5.74) is 2.04. The molecule has 0 aliphatic carbocycles. The third-order valence-corrected chi connectivity index (χ3v) is 3.34. The molecule has 2 rings (SSSR count). The van der Waals surface area contributed by atoms with Gasteiger partial charge in [0.05, 0.1) is 0 Å². The predicted molar refractivity (Wildman–Crippen MR) is 66.0 cm³/mol. The largest absolute Gasteiger partial charge is 0.465 e. The molecule has 1 fully saturated rings. The van der Waals surface area contributed by atoms with Crippen LogP contribution in [0.1, 0.15) is 11.1 Å². The topological polar surface area (TPSA) is 43.8 Å². The number of carboxylic acid groups (broad SMARTS) is 1. The van der Waals surface area contributed by atoms with Crippen molar-refractivity contribution in [3.63, 3.8) is 0 Å². The lowest BCUT2D eigenvalue weighted by molar-refractivity contribution is 0.103. The normalized spacial score (nSPS) is 16.9. The van der Waals surface area contributed by atoms with Gasteiger partial charge in [-0.15, -0.1) is 0 Å². The van der Waals surface area contributed by atoms with Crippen molar-refractivity contribution in [2.45, 2.75) is 13.5 Å². The molecule has 5 heteroatoms. The highest BCUT2D eigenvalue weighted by atomic mass is 19.1. The average Bonchev–Trinajstić information content (AvgIpc) is 2.33. The van der Waals surface area contributed by atoms with Crippen LogP contribution in [-0.4, -0.2) is 47.2 Å². The first-order chi connectivity index (χ1) is 8.56. The highest BCUT2D eigenvalue weighted by Gasteiger charge is 2.20. The van der Waals surface area contributed by atoms with E-state index in [1.165, 1.54) is 17.0 Å². The molecule has 0 spiro atoms. The van der Waals surface area contributed by atoms with Gasteiger partial charge >= 0.3 is 6.09 Å². The van der Waals surface area contributed by atoms with Crippen LogP contribution < -0.4 is 0 Å². The second kappa shape index (κ2) is 5.35. The Balaban J connectivity index is 1.93. The van der Waals surface area contributed by atoms with Crippen molar-refractivity contribution >= 4 is 6.09 Å². The Morgan fingerprint density at radius 3 is 2.56 bits per heavy atom. The van der Waals surface area contributed by atoms with Gasteiger partial charge in [-0.05, 0) is 30.2 Å². The Morgan fingerprint density at radius 1 is 1.33 bits per heavy atom. The molecule has 1 aromatic carbocycles. The van der Waals surface area contributed by atoms with E-state index >= 15 is 0 Å². The number of rotatable bonds is 2. The SMILES string of the molecule is Cc1cc(F)ccc1CN1CCN(C(=O)O)CC1. The number of halogens is 1. The van der Waals surface area contributed by atoms with Gasteiger partial charge < -0.3 is 10.0 Å². The minimum Gasteiger partial charge on any atom is -0.465 e. The maximum atomic E-state index is 13.0. The molecule has 0 radical (unpaired) electrons. The zero-order valence-electron chi connectivity index (χ0n) is 10.4. The van der Waals surface area contributed by atoms with Gasteiger partial charge in [0.1, 0.15) is 5.82 Å². The Morgan fingerprint density at radius 2 is 2.00 bits per heavy atom. The van der Waals surface area contributed by atoms with E-state index in [9.17, 15) is 9.18 Å². The minimum atomic E-state index is -0.854. The number of nitrogens with zero attached hydrogens (tertiary/aromatic N) is 2. The van der Waals surface area contributed by atoms with E-state index in [1.807, 2.05) is 6.92 Å². The highest BCUT2D eigenvalue weighted by molar-refractivity contribution is 5.65. The summed E-state index contributed by atoms with van der Waals surface area (Å²) >= 11 is 0. The monoisotopic (exact) mass is 252 g/mol. The Bertz CT molecular complexity index is 443. The number of hydrogen-bond acceptors (Lipinski definition) is 2. The standard InChI is InChI=1S/C13H17FN2O2/c1-10-8-12(14)3-2-11(10)9-15-4-6-16(7-5-15)13(17)18/h2-3,8H,4-7,9H2,1H3,(H,17,18). The summed E-state index contributed by atoms with van der Waals surface area (Å²) in [7, 11) is 0. The fraction of sp³-hybridized carbons (Fsp3) is 0.462. The molecular weight excluding hydrogens is 235 g/mol. The first-order valence-electron chi connectivity index (χ1n) is 6.01. The second-order valence-electron chi connectivity index (χ2n) is 4.62. The summed E-state index contributed by atoms with van der Waals surface area (Å²) in [5.74, 6) is -0.216. The molecule has 1 amide bonds. The number of carbonyl (C=O) groups is 1. The maximum Gasteiger partial charge on any atom is 0.407 e. The van der Waals surface area contributed by atoms with E-state index in [0.29, 0.717) is 13.1 Å². The molecule has 4 nitrogen and oxygen atoms in total. The molecule has 18 heavy (non-hydrogen) atoms. The molecule has 0 unspecified atom stereocenters.